The van der Waals surface area contributed by atoms with E-state index in [0.717, 1.165) is 36.9 Å². The number of nitrogen functional groups attached to an aromatic ring is 1. The number of anilines is 1. The fraction of sp³-hybridized carbons (Fsp3) is 0.436. The number of hydrogen-bond donors (Lipinski definition) is 3. The molecule has 48 heavy (non-hydrogen) atoms. The van der Waals surface area contributed by atoms with Gasteiger partial charge in [0, 0.05) is 5.69 Å². The van der Waals surface area contributed by atoms with Crippen LogP contribution in [-0.2, 0) is 9.47 Å². The van der Waals surface area contributed by atoms with Gasteiger partial charge in [0.1, 0.15) is 0 Å². The molecular weight excluding hydrogens is 610 g/mol. The summed E-state index contributed by atoms with van der Waals surface area (Å²) in [5.41, 5.74) is 8.29. The van der Waals surface area contributed by atoms with Crippen molar-refractivity contribution in [2.45, 2.75) is 97.8 Å². The van der Waals surface area contributed by atoms with Crippen LogP contribution in [-0.4, -0.2) is 47.3 Å². The molecule has 0 radical (unpaired) electrons. The lowest BCUT2D eigenvalue weighted by atomic mass is 10.1. The van der Waals surface area contributed by atoms with E-state index in [2.05, 4.69) is 13.8 Å². The van der Waals surface area contributed by atoms with Crippen LogP contribution < -0.4 is 5.73 Å². The van der Waals surface area contributed by atoms with Crippen LogP contribution >= 0.6 is 0 Å². The average molecular weight is 664 g/mol. The third kappa shape index (κ3) is 17.9. The fourth-order valence-corrected chi connectivity index (χ4v) is 4.43. The van der Waals surface area contributed by atoms with Crippen LogP contribution in [0.5, 0.6) is 0 Å². The normalized spacial score (nSPS) is 10.1. The highest BCUT2D eigenvalue weighted by Crippen LogP contribution is 2.14. The zero-order valence-electron chi connectivity index (χ0n) is 28.7. The molecule has 3 aromatic rings. The van der Waals surface area contributed by atoms with E-state index in [-0.39, 0.29) is 11.1 Å². The Kier molecular flexibility index (Phi) is 21.9. The third-order valence-corrected chi connectivity index (χ3v) is 7.40. The minimum atomic E-state index is -1.06. The summed E-state index contributed by atoms with van der Waals surface area (Å²) in [5, 5.41) is 16.9. The number of aromatic carboxylic acids is 2. The molecule has 0 aromatic heterocycles. The number of ether oxygens (including phenoxy) is 2. The van der Waals surface area contributed by atoms with Crippen molar-refractivity contribution in [2.24, 2.45) is 0 Å². The lowest BCUT2D eigenvalue weighted by Gasteiger charge is -2.10. The summed E-state index contributed by atoms with van der Waals surface area (Å²) in [6.45, 7) is 7.17. The number of aryl methyl sites for hydroxylation is 1. The van der Waals surface area contributed by atoms with Crippen molar-refractivity contribution >= 4 is 29.6 Å². The summed E-state index contributed by atoms with van der Waals surface area (Å²) >= 11 is 0. The molecule has 4 N–H and O–H groups in total. The van der Waals surface area contributed by atoms with Crippen LogP contribution in [0.25, 0.3) is 0 Å². The molecule has 0 saturated carbocycles. The zero-order chi connectivity index (χ0) is 35.6. The standard InChI is InChI=1S/C24H38O4.C8H6O4.C7H9N/c1-3-5-7-9-11-15-19-27-23(25)21-17-13-14-18-22(21)24(26)28-20-16-12-10-8-6-4-2;9-7(10)5-1-2-6(4-3-5)8(11)12;1-6-4-2-3-5-7(6)8/h13-14,17-18H,3-12,15-16,19-20H2,1-2H3;1-4H,(H,9,10)(H,11,12);2-5H,8H2,1H3. The topological polar surface area (TPSA) is 153 Å². The Morgan fingerprint density at radius 1 is 0.542 bits per heavy atom. The van der Waals surface area contributed by atoms with Gasteiger partial charge >= 0.3 is 23.9 Å². The number of carbonyl (C=O) groups is 4. The maximum atomic E-state index is 12.4. The van der Waals surface area contributed by atoms with Crippen LogP contribution in [0.3, 0.4) is 0 Å². The number of nitrogens with two attached hydrogens (primary N) is 1. The summed E-state index contributed by atoms with van der Waals surface area (Å²) in [6, 6.07) is 19.6. The lowest BCUT2D eigenvalue weighted by Crippen LogP contribution is -2.15. The highest BCUT2D eigenvalue weighted by Gasteiger charge is 2.18. The molecule has 0 amide bonds. The first-order chi connectivity index (χ1) is 23.1. The number of carboxylic acids is 2. The van der Waals surface area contributed by atoms with Crippen LogP contribution in [0.2, 0.25) is 0 Å². The Hall–Kier alpha value is -4.66. The molecular formula is C39H53NO8. The number of esters is 2. The van der Waals surface area contributed by atoms with E-state index in [0.29, 0.717) is 24.3 Å². The van der Waals surface area contributed by atoms with E-state index in [1.165, 1.54) is 75.6 Å². The molecule has 0 aliphatic heterocycles. The molecule has 0 atom stereocenters. The summed E-state index contributed by atoms with van der Waals surface area (Å²) < 4.78 is 10.7. The Morgan fingerprint density at radius 3 is 1.23 bits per heavy atom. The second kappa shape index (κ2) is 25.4. The van der Waals surface area contributed by atoms with Gasteiger partial charge in [0.15, 0.2) is 0 Å². The van der Waals surface area contributed by atoms with E-state index in [1.807, 2.05) is 31.2 Å². The molecule has 262 valence electrons. The Morgan fingerprint density at radius 2 is 0.896 bits per heavy atom. The molecule has 0 unspecified atom stereocenters. The minimum absolute atomic E-state index is 0.0833. The van der Waals surface area contributed by atoms with Gasteiger partial charge in [-0.05, 0) is 67.8 Å². The maximum Gasteiger partial charge on any atom is 0.339 e. The molecule has 0 fully saturated rings. The second-order valence-electron chi connectivity index (χ2n) is 11.4. The van der Waals surface area contributed by atoms with Gasteiger partial charge < -0.3 is 25.4 Å². The predicted molar refractivity (Wildman–Crippen MR) is 190 cm³/mol. The van der Waals surface area contributed by atoms with Gasteiger partial charge in [0.05, 0.1) is 35.5 Å². The number of benzene rings is 3. The number of rotatable bonds is 18. The van der Waals surface area contributed by atoms with Crippen LogP contribution in [0.1, 0.15) is 138 Å². The molecule has 3 rings (SSSR count). The molecule has 3 aromatic carbocycles. The monoisotopic (exact) mass is 663 g/mol. The summed E-state index contributed by atoms with van der Waals surface area (Å²) in [6.07, 6.45) is 13.6. The van der Waals surface area contributed by atoms with Gasteiger partial charge in [-0.2, -0.15) is 0 Å². The summed E-state index contributed by atoms with van der Waals surface area (Å²) in [4.78, 5) is 45.4. The lowest BCUT2D eigenvalue weighted by molar-refractivity contribution is 0.0450. The van der Waals surface area contributed by atoms with E-state index >= 15 is 0 Å². The van der Waals surface area contributed by atoms with Gasteiger partial charge in [-0.15, -0.1) is 0 Å². The minimum Gasteiger partial charge on any atom is -0.478 e. The molecule has 0 aliphatic carbocycles. The molecule has 9 nitrogen and oxygen atoms in total. The van der Waals surface area contributed by atoms with Crippen molar-refractivity contribution in [1.29, 1.82) is 0 Å². The van der Waals surface area contributed by atoms with Crippen molar-refractivity contribution in [3.8, 4) is 0 Å². The van der Waals surface area contributed by atoms with E-state index in [1.54, 1.807) is 24.3 Å². The van der Waals surface area contributed by atoms with Crippen LogP contribution in [0.4, 0.5) is 5.69 Å². The first-order valence-electron chi connectivity index (χ1n) is 16.9. The van der Waals surface area contributed by atoms with Gasteiger partial charge in [-0.3, -0.25) is 0 Å². The average Bonchev–Trinajstić information content (AvgIpc) is 3.09. The molecule has 0 aliphatic rings. The van der Waals surface area contributed by atoms with Crippen LogP contribution in [0.15, 0.2) is 72.8 Å². The third-order valence-electron chi connectivity index (χ3n) is 7.40. The van der Waals surface area contributed by atoms with Crippen molar-refractivity contribution in [2.75, 3.05) is 18.9 Å². The van der Waals surface area contributed by atoms with E-state index in [9.17, 15) is 19.2 Å². The summed E-state index contributed by atoms with van der Waals surface area (Å²) in [5.74, 6) is -3.01. The number of carboxylic acid groups (broad SMARTS) is 2. The molecule has 0 bridgehead atoms. The highest BCUT2D eigenvalue weighted by molar-refractivity contribution is 6.03. The van der Waals surface area contributed by atoms with Crippen molar-refractivity contribution in [3.63, 3.8) is 0 Å². The number of unbranched alkanes of at least 4 members (excludes halogenated alkanes) is 10. The molecule has 9 heteroatoms. The Labute approximate surface area is 285 Å². The number of para-hydroxylation sites is 1. The predicted octanol–water partition coefficient (Wildman–Crippen LogP) is 9.38. The summed E-state index contributed by atoms with van der Waals surface area (Å²) in [7, 11) is 0. The number of carbonyl (C=O) groups excluding carboxylic acids is 2. The van der Waals surface area contributed by atoms with Crippen molar-refractivity contribution < 1.29 is 38.9 Å². The fourth-order valence-electron chi connectivity index (χ4n) is 4.43. The van der Waals surface area contributed by atoms with Gasteiger partial charge in [0.25, 0.3) is 0 Å². The highest BCUT2D eigenvalue weighted by atomic mass is 16.5. The quantitative estimate of drug-likeness (QED) is 0.0686. The van der Waals surface area contributed by atoms with Gasteiger partial charge in [-0.1, -0.05) is 108 Å². The first kappa shape index (κ1) is 41.4. The van der Waals surface area contributed by atoms with Crippen molar-refractivity contribution in [1.82, 2.24) is 0 Å². The molecule has 0 heterocycles. The molecule has 0 saturated heterocycles. The SMILES string of the molecule is CCCCCCCCOC(=O)c1ccccc1C(=O)OCCCCCCCC.Cc1ccccc1N.O=C(O)c1ccc(C(=O)O)cc1. The maximum absolute atomic E-state index is 12.4. The van der Waals surface area contributed by atoms with Gasteiger partial charge in [0.2, 0.25) is 0 Å². The molecule has 0 spiro atoms. The smallest absolute Gasteiger partial charge is 0.339 e. The Balaban J connectivity index is 0.000000464. The van der Waals surface area contributed by atoms with Gasteiger partial charge in [-0.25, -0.2) is 19.2 Å². The number of hydrogen-bond acceptors (Lipinski definition) is 7. The largest absolute Gasteiger partial charge is 0.478 e. The first-order valence-corrected chi connectivity index (χ1v) is 16.9. The van der Waals surface area contributed by atoms with E-state index < -0.39 is 23.9 Å². The zero-order valence-corrected chi connectivity index (χ0v) is 28.7. The van der Waals surface area contributed by atoms with Crippen molar-refractivity contribution in [3.05, 3.63) is 101 Å². The van der Waals surface area contributed by atoms with Crippen LogP contribution in [0, 0.1) is 6.92 Å². The van der Waals surface area contributed by atoms with E-state index in [4.69, 9.17) is 25.4 Å². The second-order valence-corrected chi connectivity index (χ2v) is 11.4. The Bertz CT molecular complexity index is 1270.